The minimum Gasteiger partial charge on any atom is -0.465 e. The fourth-order valence-electron chi connectivity index (χ4n) is 0.896. The van der Waals surface area contributed by atoms with Crippen LogP contribution in [0.3, 0.4) is 0 Å². The molecule has 0 aliphatic rings. The van der Waals surface area contributed by atoms with Gasteiger partial charge in [-0.1, -0.05) is 32.4 Å². The summed E-state index contributed by atoms with van der Waals surface area (Å²) in [7, 11) is -1.70. The Morgan fingerprint density at radius 2 is 1.94 bits per heavy atom. The molecule has 2 N–H and O–H groups in total. The molecule has 0 aromatic heterocycles. The average molecular weight is 259 g/mol. The summed E-state index contributed by atoms with van der Waals surface area (Å²) < 4.78 is 5.96. The third kappa shape index (κ3) is 6.48. The Labute approximate surface area is 105 Å². The van der Waals surface area contributed by atoms with E-state index in [1.165, 1.54) is 0 Å². The zero-order valence-electron chi connectivity index (χ0n) is 11.8. The molecule has 0 aromatic rings. The van der Waals surface area contributed by atoms with E-state index in [4.69, 9.17) is 9.53 Å². The standard InChI is InChI=1S/C12H25NO3Si/c1-10(9-13-11(14)15)7-8-16-17(5,6)12(2,3)4/h7,13H,8-9H2,1-6H3,(H,14,15). The van der Waals surface area contributed by atoms with Crippen molar-refractivity contribution in [2.24, 2.45) is 0 Å². The summed E-state index contributed by atoms with van der Waals surface area (Å²) >= 11 is 0. The van der Waals surface area contributed by atoms with Gasteiger partial charge < -0.3 is 14.8 Å². The first-order valence-electron chi connectivity index (χ1n) is 5.82. The molecular formula is C12H25NO3Si. The maximum absolute atomic E-state index is 10.3. The molecule has 100 valence electrons. The molecule has 0 saturated carbocycles. The number of carbonyl (C=O) groups is 1. The second-order valence-electron chi connectivity index (χ2n) is 5.78. The van der Waals surface area contributed by atoms with E-state index in [9.17, 15) is 4.79 Å². The zero-order chi connectivity index (χ0) is 13.7. The van der Waals surface area contributed by atoms with E-state index in [2.05, 4.69) is 39.2 Å². The highest BCUT2D eigenvalue weighted by Gasteiger charge is 2.36. The molecule has 1 amide bonds. The molecule has 0 radical (unpaired) electrons. The van der Waals surface area contributed by atoms with Crippen molar-refractivity contribution >= 4 is 14.4 Å². The minimum atomic E-state index is -1.70. The Balaban J connectivity index is 4.13. The molecule has 0 heterocycles. The molecule has 0 atom stereocenters. The Kier molecular flexibility index (Phi) is 5.91. The lowest BCUT2D eigenvalue weighted by Gasteiger charge is -2.35. The molecule has 0 rings (SSSR count). The molecule has 0 unspecified atom stereocenters. The van der Waals surface area contributed by atoms with Crippen molar-refractivity contribution in [3.8, 4) is 0 Å². The topological polar surface area (TPSA) is 58.6 Å². The van der Waals surface area contributed by atoms with Gasteiger partial charge in [-0.2, -0.15) is 0 Å². The highest BCUT2D eigenvalue weighted by molar-refractivity contribution is 6.74. The molecule has 4 nitrogen and oxygen atoms in total. The summed E-state index contributed by atoms with van der Waals surface area (Å²) in [6.45, 7) is 13.8. The van der Waals surface area contributed by atoms with Gasteiger partial charge in [-0.3, -0.25) is 0 Å². The first-order valence-corrected chi connectivity index (χ1v) is 8.73. The summed E-state index contributed by atoms with van der Waals surface area (Å²) in [5.41, 5.74) is 0.978. The molecule has 0 saturated heterocycles. The first kappa shape index (κ1) is 16.2. The van der Waals surface area contributed by atoms with Crippen LogP contribution >= 0.6 is 0 Å². The lowest BCUT2D eigenvalue weighted by Crippen LogP contribution is -2.40. The normalized spacial score (nSPS) is 13.6. The van der Waals surface area contributed by atoms with Gasteiger partial charge in [-0.25, -0.2) is 4.79 Å². The fraction of sp³-hybridized carbons (Fsp3) is 0.750. The first-order chi connectivity index (χ1) is 7.56. The number of carboxylic acid groups (broad SMARTS) is 1. The van der Waals surface area contributed by atoms with Crippen LogP contribution in [0.1, 0.15) is 27.7 Å². The van der Waals surface area contributed by atoms with Gasteiger partial charge in [-0.05, 0) is 25.1 Å². The fourth-order valence-corrected chi connectivity index (χ4v) is 1.83. The van der Waals surface area contributed by atoms with Gasteiger partial charge in [0.1, 0.15) is 0 Å². The summed E-state index contributed by atoms with van der Waals surface area (Å²) in [6.07, 6.45) is 0.944. The van der Waals surface area contributed by atoms with E-state index < -0.39 is 14.4 Å². The van der Waals surface area contributed by atoms with Crippen LogP contribution in [0.25, 0.3) is 0 Å². The summed E-state index contributed by atoms with van der Waals surface area (Å²) in [4.78, 5) is 10.3. The van der Waals surface area contributed by atoms with E-state index in [0.29, 0.717) is 13.2 Å². The van der Waals surface area contributed by atoms with Crippen LogP contribution in [-0.4, -0.2) is 32.7 Å². The number of rotatable bonds is 5. The smallest absolute Gasteiger partial charge is 0.404 e. The van der Waals surface area contributed by atoms with Crippen molar-refractivity contribution in [1.82, 2.24) is 5.32 Å². The monoisotopic (exact) mass is 259 g/mol. The third-order valence-corrected chi connectivity index (χ3v) is 7.70. The van der Waals surface area contributed by atoms with Crippen LogP contribution in [0.4, 0.5) is 4.79 Å². The summed E-state index contributed by atoms with van der Waals surface area (Å²) in [5.74, 6) is 0. The maximum atomic E-state index is 10.3. The van der Waals surface area contributed by atoms with Gasteiger partial charge in [0.15, 0.2) is 8.32 Å². The largest absolute Gasteiger partial charge is 0.465 e. The SMILES string of the molecule is CC(=CCO[Si](C)(C)C(C)(C)C)CNC(=O)O. The number of hydrogen-bond donors (Lipinski definition) is 2. The maximum Gasteiger partial charge on any atom is 0.404 e. The molecule has 5 heteroatoms. The van der Waals surface area contributed by atoms with Gasteiger partial charge in [0, 0.05) is 6.54 Å². The van der Waals surface area contributed by atoms with Crippen LogP contribution in [0.5, 0.6) is 0 Å². The van der Waals surface area contributed by atoms with Crippen LogP contribution in [-0.2, 0) is 4.43 Å². The van der Waals surface area contributed by atoms with Crippen molar-refractivity contribution in [3.05, 3.63) is 11.6 Å². The highest BCUT2D eigenvalue weighted by atomic mass is 28.4. The molecule has 0 bridgehead atoms. The number of nitrogens with one attached hydrogen (secondary N) is 1. The van der Waals surface area contributed by atoms with Crippen molar-refractivity contribution in [1.29, 1.82) is 0 Å². The molecular weight excluding hydrogens is 234 g/mol. The lowest BCUT2D eigenvalue weighted by atomic mass is 10.2. The van der Waals surface area contributed by atoms with Crippen LogP contribution < -0.4 is 5.32 Å². The molecule has 0 fully saturated rings. The summed E-state index contributed by atoms with van der Waals surface area (Å²) in [6, 6.07) is 0. The molecule has 0 aliphatic carbocycles. The lowest BCUT2D eigenvalue weighted by molar-refractivity contribution is 0.195. The van der Waals surface area contributed by atoms with Gasteiger partial charge in [0.2, 0.25) is 0 Å². The second-order valence-corrected chi connectivity index (χ2v) is 10.6. The van der Waals surface area contributed by atoms with E-state index in [0.717, 1.165) is 5.57 Å². The number of hydrogen-bond acceptors (Lipinski definition) is 2. The molecule has 0 aliphatic heterocycles. The predicted molar refractivity (Wildman–Crippen MR) is 72.9 cm³/mol. The van der Waals surface area contributed by atoms with Crippen LogP contribution in [0.15, 0.2) is 11.6 Å². The number of amides is 1. The van der Waals surface area contributed by atoms with E-state index in [-0.39, 0.29) is 5.04 Å². The van der Waals surface area contributed by atoms with E-state index >= 15 is 0 Å². The Morgan fingerprint density at radius 3 is 2.35 bits per heavy atom. The predicted octanol–water partition coefficient (Wildman–Crippen LogP) is 3.22. The van der Waals surface area contributed by atoms with Crippen LogP contribution in [0, 0.1) is 0 Å². The van der Waals surface area contributed by atoms with Gasteiger partial charge in [-0.15, -0.1) is 0 Å². The van der Waals surface area contributed by atoms with Crippen molar-refractivity contribution < 1.29 is 14.3 Å². The second kappa shape index (κ2) is 6.21. The van der Waals surface area contributed by atoms with Crippen molar-refractivity contribution in [3.63, 3.8) is 0 Å². The quantitative estimate of drug-likeness (QED) is 0.588. The van der Waals surface area contributed by atoms with Crippen LogP contribution in [0.2, 0.25) is 18.1 Å². The van der Waals surface area contributed by atoms with Crippen molar-refractivity contribution in [2.75, 3.05) is 13.2 Å². The Morgan fingerprint density at radius 1 is 1.41 bits per heavy atom. The van der Waals surface area contributed by atoms with Gasteiger partial charge in [0.05, 0.1) is 6.61 Å². The highest BCUT2D eigenvalue weighted by Crippen LogP contribution is 2.36. The van der Waals surface area contributed by atoms with Gasteiger partial charge >= 0.3 is 6.09 Å². The molecule has 17 heavy (non-hydrogen) atoms. The molecule has 0 aromatic carbocycles. The van der Waals surface area contributed by atoms with Crippen molar-refractivity contribution in [2.45, 2.75) is 45.8 Å². The van der Waals surface area contributed by atoms with E-state index in [1.807, 2.05) is 13.0 Å². The summed E-state index contributed by atoms with van der Waals surface area (Å²) in [5, 5.41) is 11.0. The Hall–Kier alpha value is -0.813. The third-order valence-electron chi connectivity index (χ3n) is 3.20. The Bertz CT molecular complexity index is 293. The van der Waals surface area contributed by atoms with E-state index in [1.54, 1.807) is 0 Å². The zero-order valence-corrected chi connectivity index (χ0v) is 12.8. The molecule has 0 spiro atoms. The van der Waals surface area contributed by atoms with Gasteiger partial charge in [0.25, 0.3) is 0 Å². The minimum absolute atomic E-state index is 0.202. The average Bonchev–Trinajstić information content (AvgIpc) is 2.12.